The topological polar surface area (TPSA) is 71.4 Å². The Kier molecular flexibility index (Phi) is 7.42. The molecule has 2 aliphatic heterocycles. The molecule has 2 heterocycles. The maximum Gasteiger partial charge on any atom is 0.416 e. The Balaban J connectivity index is 1.24. The highest BCUT2D eigenvalue weighted by atomic mass is 19.4. The molecule has 0 spiro atoms. The van der Waals surface area contributed by atoms with E-state index in [1.807, 2.05) is 18.2 Å². The van der Waals surface area contributed by atoms with Gasteiger partial charge in [0.1, 0.15) is 12.4 Å². The smallest absolute Gasteiger partial charge is 0.416 e. The summed E-state index contributed by atoms with van der Waals surface area (Å²) in [6, 6.07) is 10.3. The number of alkyl halides is 3. The van der Waals surface area contributed by atoms with Gasteiger partial charge >= 0.3 is 12.1 Å². The highest BCUT2D eigenvalue weighted by Gasteiger charge is 2.36. The van der Waals surface area contributed by atoms with E-state index in [4.69, 9.17) is 14.7 Å². The lowest BCUT2D eigenvalue weighted by molar-refractivity contribution is -0.147. The van der Waals surface area contributed by atoms with Crippen molar-refractivity contribution in [3.63, 3.8) is 0 Å². The van der Waals surface area contributed by atoms with Crippen molar-refractivity contribution in [1.29, 1.82) is 0 Å². The molecule has 2 aromatic carbocycles. The molecule has 198 valence electrons. The third-order valence-electron chi connectivity index (χ3n) is 7.54. The zero-order valence-electron chi connectivity index (χ0n) is 20.6. The number of hydrogen-bond donors (Lipinski definition) is 1. The van der Waals surface area contributed by atoms with Crippen LogP contribution in [0.5, 0.6) is 5.75 Å². The van der Waals surface area contributed by atoms with Crippen LogP contribution in [0, 0.1) is 5.92 Å². The molecule has 2 fully saturated rings. The van der Waals surface area contributed by atoms with Gasteiger partial charge in [0.05, 0.1) is 23.8 Å². The number of oxime groups is 1. The normalized spacial score (nSPS) is 20.2. The summed E-state index contributed by atoms with van der Waals surface area (Å²) in [7, 11) is 0. The molecule has 1 aliphatic carbocycles. The number of hydrogen-bond acceptors (Lipinski definition) is 5. The van der Waals surface area contributed by atoms with Crippen LogP contribution in [-0.4, -0.2) is 41.4 Å². The average molecular weight is 517 g/mol. The van der Waals surface area contributed by atoms with E-state index in [0.717, 1.165) is 43.2 Å². The van der Waals surface area contributed by atoms with Gasteiger partial charge in [-0.3, -0.25) is 9.69 Å². The number of benzene rings is 2. The van der Waals surface area contributed by atoms with Crippen LogP contribution in [0.2, 0.25) is 0 Å². The quantitative estimate of drug-likeness (QED) is 0.459. The molecule has 37 heavy (non-hydrogen) atoms. The van der Waals surface area contributed by atoms with Crippen LogP contribution in [0.1, 0.15) is 72.3 Å². The fourth-order valence-corrected chi connectivity index (χ4v) is 5.52. The first-order valence-electron chi connectivity index (χ1n) is 12.9. The van der Waals surface area contributed by atoms with E-state index in [1.165, 1.54) is 6.07 Å². The molecule has 1 N–H and O–H groups in total. The Morgan fingerprint density at radius 1 is 1.08 bits per heavy atom. The van der Waals surface area contributed by atoms with Gasteiger partial charge in [0.15, 0.2) is 0 Å². The maximum atomic E-state index is 13.8. The molecule has 0 amide bonds. The largest absolute Gasteiger partial charge is 0.492 e. The Morgan fingerprint density at radius 2 is 1.84 bits per heavy atom. The van der Waals surface area contributed by atoms with E-state index >= 15 is 0 Å². The van der Waals surface area contributed by atoms with Crippen LogP contribution < -0.4 is 4.74 Å². The molecule has 2 aromatic rings. The predicted octanol–water partition coefficient (Wildman–Crippen LogP) is 5.97. The third kappa shape index (κ3) is 5.92. The van der Waals surface area contributed by atoms with Crippen LogP contribution in [0.15, 0.2) is 41.6 Å². The van der Waals surface area contributed by atoms with E-state index in [9.17, 15) is 18.0 Å². The highest BCUT2D eigenvalue weighted by Crippen LogP contribution is 2.41. The predicted molar refractivity (Wildman–Crippen MR) is 132 cm³/mol. The van der Waals surface area contributed by atoms with Crippen LogP contribution in [-0.2, 0) is 29.0 Å². The van der Waals surface area contributed by atoms with E-state index in [2.05, 4.69) is 10.1 Å². The number of carbonyl (C=O) groups is 1. The SMILES string of the molecule is O=C(O)C1CN(Cc2ccc3c(c2)OCC/C3=N\OCc2ccc(C3CCCCC3)c(C(F)(F)F)c2)C1. The Bertz CT molecular complexity index is 1170. The summed E-state index contributed by atoms with van der Waals surface area (Å²) in [5, 5.41) is 13.3. The summed E-state index contributed by atoms with van der Waals surface area (Å²) in [5.41, 5.74) is 2.78. The van der Waals surface area contributed by atoms with Crippen molar-refractivity contribution in [2.45, 2.75) is 63.8 Å². The van der Waals surface area contributed by atoms with E-state index in [1.54, 1.807) is 12.1 Å². The molecule has 0 aromatic heterocycles. The first-order chi connectivity index (χ1) is 17.8. The number of carboxylic acid groups (broad SMARTS) is 1. The van der Waals surface area contributed by atoms with E-state index in [0.29, 0.717) is 55.3 Å². The first kappa shape index (κ1) is 25.6. The zero-order valence-corrected chi connectivity index (χ0v) is 20.6. The number of rotatable bonds is 7. The third-order valence-corrected chi connectivity index (χ3v) is 7.54. The number of ether oxygens (including phenoxy) is 1. The lowest BCUT2D eigenvalue weighted by Gasteiger charge is -2.36. The van der Waals surface area contributed by atoms with Crippen molar-refractivity contribution in [3.8, 4) is 5.75 Å². The molecule has 6 nitrogen and oxygen atoms in total. The molecule has 1 saturated heterocycles. The molecule has 5 rings (SSSR count). The highest BCUT2D eigenvalue weighted by molar-refractivity contribution is 6.03. The molecule has 9 heteroatoms. The number of fused-ring (bicyclic) bond motifs is 1. The Hall–Kier alpha value is -3.07. The summed E-state index contributed by atoms with van der Waals surface area (Å²) >= 11 is 0. The first-order valence-corrected chi connectivity index (χ1v) is 12.9. The number of nitrogens with zero attached hydrogens (tertiary/aromatic N) is 2. The minimum atomic E-state index is -4.41. The Morgan fingerprint density at radius 3 is 2.57 bits per heavy atom. The van der Waals surface area contributed by atoms with Gasteiger partial charge in [0.25, 0.3) is 0 Å². The van der Waals surface area contributed by atoms with Gasteiger partial charge in [0.2, 0.25) is 0 Å². The van der Waals surface area contributed by atoms with Crippen molar-refractivity contribution >= 4 is 11.7 Å². The standard InChI is InChI=1S/C28H31F3N2O4/c29-28(30,31)24-12-19(7-8-22(24)20-4-2-1-3-5-20)17-37-32-25-10-11-36-26-13-18(6-9-23(25)26)14-33-15-21(16-33)27(34)35/h6-9,12-13,20-21H,1-5,10-11,14-17H2,(H,34,35)/b32-25+. The number of aliphatic carboxylic acids is 1. The average Bonchev–Trinajstić information content (AvgIpc) is 2.85. The molecular weight excluding hydrogens is 485 g/mol. The minimum absolute atomic E-state index is 0.0380. The van der Waals surface area contributed by atoms with Crippen LogP contribution >= 0.6 is 0 Å². The second-order valence-corrected chi connectivity index (χ2v) is 10.2. The summed E-state index contributed by atoms with van der Waals surface area (Å²) in [6.45, 7) is 2.09. The van der Waals surface area contributed by atoms with Gasteiger partial charge in [-0.05, 0) is 53.6 Å². The summed E-state index contributed by atoms with van der Waals surface area (Å²) in [4.78, 5) is 18.6. The molecule has 3 aliphatic rings. The van der Waals surface area contributed by atoms with Gasteiger partial charge in [-0.1, -0.05) is 42.6 Å². The fourth-order valence-electron chi connectivity index (χ4n) is 5.52. The summed E-state index contributed by atoms with van der Waals surface area (Å²) in [5.74, 6) is -0.428. The van der Waals surface area contributed by atoms with Crippen molar-refractivity contribution in [1.82, 2.24) is 4.90 Å². The van der Waals surface area contributed by atoms with Crippen LogP contribution in [0.3, 0.4) is 0 Å². The molecule has 0 atom stereocenters. The Labute approximate surface area is 214 Å². The second-order valence-electron chi connectivity index (χ2n) is 10.2. The zero-order chi connectivity index (χ0) is 26.0. The molecule has 0 unspecified atom stereocenters. The number of carboxylic acids is 1. The number of likely N-dealkylation sites (tertiary alicyclic amines) is 1. The molecule has 0 bridgehead atoms. The maximum absolute atomic E-state index is 13.8. The second kappa shape index (κ2) is 10.7. The van der Waals surface area contributed by atoms with Crippen molar-refractivity contribution in [2.24, 2.45) is 11.1 Å². The fraction of sp³-hybridized carbons (Fsp3) is 0.500. The van der Waals surface area contributed by atoms with Gasteiger partial charge in [-0.25, -0.2) is 0 Å². The van der Waals surface area contributed by atoms with E-state index in [-0.39, 0.29) is 18.4 Å². The van der Waals surface area contributed by atoms with Crippen molar-refractivity contribution < 1.29 is 32.6 Å². The van der Waals surface area contributed by atoms with Gasteiger partial charge in [0, 0.05) is 31.6 Å². The monoisotopic (exact) mass is 516 g/mol. The minimum Gasteiger partial charge on any atom is -0.492 e. The molecular formula is C28H31F3N2O4. The molecule has 0 radical (unpaired) electrons. The van der Waals surface area contributed by atoms with E-state index < -0.39 is 17.7 Å². The van der Waals surface area contributed by atoms with Crippen LogP contribution in [0.4, 0.5) is 13.2 Å². The van der Waals surface area contributed by atoms with Gasteiger partial charge < -0.3 is 14.7 Å². The number of halogens is 3. The lowest BCUT2D eigenvalue weighted by Crippen LogP contribution is -2.49. The van der Waals surface area contributed by atoms with Crippen LogP contribution in [0.25, 0.3) is 0 Å². The lowest BCUT2D eigenvalue weighted by atomic mass is 9.81. The van der Waals surface area contributed by atoms with Gasteiger partial charge in [-0.2, -0.15) is 13.2 Å². The summed E-state index contributed by atoms with van der Waals surface area (Å²) < 4.78 is 47.3. The van der Waals surface area contributed by atoms with Crippen molar-refractivity contribution in [2.75, 3.05) is 19.7 Å². The molecule has 1 saturated carbocycles. The summed E-state index contributed by atoms with van der Waals surface area (Å²) in [6.07, 6.45) is 0.767. The van der Waals surface area contributed by atoms with Crippen molar-refractivity contribution in [3.05, 3.63) is 64.2 Å². The van der Waals surface area contributed by atoms with Gasteiger partial charge in [-0.15, -0.1) is 0 Å².